The first kappa shape index (κ1) is 16.8. The second kappa shape index (κ2) is 6.48. The molecule has 0 aromatic carbocycles. The van der Waals surface area contributed by atoms with Gasteiger partial charge < -0.3 is 4.74 Å². The highest BCUT2D eigenvalue weighted by molar-refractivity contribution is 7.89. The molecule has 0 bridgehead atoms. The van der Waals surface area contributed by atoms with Crippen molar-refractivity contribution in [1.82, 2.24) is 24.1 Å². The zero-order valence-electron chi connectivity index (χ0n) is 14.0. The number of ether oxygens (including phenoxy) is 1. The zero-order valence-corrected chi connectivity index (χ0v) is 14.8. The van der Waals surface area contributed by atoms with Crippen LogP contribution in [0.1, 0.15) is 24.2 Å². The number of rotatable bonds is 4. The summed E-state index contributed by atoms with van der Waals surface area (Å²) in [6.45, 7) is 4.34. The number of hydrogen-bond donors (Lipinski definition) is 0. The summed E-state index contributed by atoms with van der Waals surface area (Å²) in [5, 5.41) is 4.21. The van der Waals surface area contributed by atoms with Crippen LogP contribution in [0, 0.1) is 13.8 Å². The molecule has 1 aliphatic heterocycles. The highest BCUT2D eigenvalue weighted by atomic mass is 32.2. The fourth-order valence-electron chi connectivity index (χ4n) is 2.96. The van der Waals surface area contributed by atoms with Crippen LogP contribution in [-0.4, -0.2) is 51.7 Å². The van der Waals surface area contributed by atoms with Gasteiger partial charge in [0.2, 0.25) is 15.9 Å². The standard InChI is InChI=1S/C15H21N5O3S/c1-11-15(12(2)19(3)18-11)24(21,22)20-8-4-13(5-9-20)23-14-10-16-6-7-17-14/h6-7,10,13H,4-5,8-9H2,1-3H3. The molecule has 2 aromatic rings. The molecule has 0 radical (unpaired) electrons. The van der Waals surface area contributed by atoms with E-state index >= 15 is 0 Å². The molecule has 2 aromatic heterocycles. The molecule has 3 rings (SSSR count). The smallest absolute Gasteiger partial charge is 0.246 e. The summed E-state index contributed by atoms with van der Waals surface area (Å²) < 4.78 is 34.7. The first-order valence-corrected chi connectivity index (χ1v) is 9.26. The van der Waals surface area contributed by atoms with Gasteiger partial charge in [-0.25, -0.2) is 13.4 Å². The molecule has 130 valence electrons. The van der Waals surface area contributed by atoms with Crippen LogP contribution in [0.2, 0.25) is 0 Å². The Labute approximate surface area is 141 Å². The van der Waals surface area contributed by atoms with E-state index in [0.717, 1.165) is 0 Å². The van der Waals surface area contributed by atoms with Crippen LogP contribution < -0.4 is 4.74 Å². The van der Waals surface area contributed by atoms with Gasteiger partial charge in [0.1, 0.15) is 11.0 Å². The zero-order chi connectivity index (χ0) is 17.3. The van der Waals surface area contributed by atoms with Crippen molar-refractivity contribution >= 4 is 10.0 Å². The number of aryl methyl sites for hydroxylation is 2. The van der Waals surface area contributed by atoms with Crippen molar-refractivity contribution in [3.63, 3.8) is 0 Å². The number of hydrogen-bond acceptors (Lipinski definition) is 6. The Bertz CT molecular complexity index is 811. The van der Waals surface area contributed by atoms with Crippen molar-refractivity contribution in [1.29, 1.82) is 0 Å². The number of aromatic nitrogens is 4. The second-order valence-corrected chi connectivity index (χ2v) is 7.76. The molecule has 0 atom stereocenters. The summed E-state index contributed by atoms with van der Waals surface area (Å²) in [5.74, 6) is 0.470. The molecule has 0 unspecified atom stereocenters. The molecule has 0 amide bonds. The summed E-state index contributed by atoms with van der Waals surface area (Å²) in [5.41, 5.74) is 1.19. The van der Waals surface area contributed by atoms with E-state index in [4.69, 9.17) is 4.74 Å². The second-order valence-electron chi connectivity index (χ2n) is 5.89. The predicted octanol–water partition coefficient (Wildman–Crippen LogP) is 1.06. The molecule has 8 nitrogen and oxygen atoms in total. The number of nitrogens with zero attached hydrogens (tertiary/aromatic N) is 5. The van der Waals surface area contributed by atoms with Gasteiger partial charge in [-0.1, -0.05) is 0 Å². The van der Waals surface area contributed by atoms with Crippen molar-refractivity contribution in [3.05, 3.63) is 30.0 Å². The topological polar surface area (TPSA) is 90.2 Å². The van der Waals surface area contributed by atoms with Crippen LogP contribution in [0.5, 0.6) is 5.88 Å². The Morgan fingerprint density at radius 2 is 1.92 bits per heavy atom. The summed E-state index contributed by atoms with van der Waals surface area (Å²) in [6.07, 6.45) is 5.90. The lowest BCUT2D eigenvalue weighted by Crippen LogP contribution is -2.42. The predicted molar refractivity (Wildman–Crippen MR) is 87.1 cm³/mol. The molecule has 1 aliphatic rings. The fraction of sp³-hybridized carbons (Fsp3) is 0.533. The SMILES string of the molecule is Cc1nn(C)c(C)c1S(=O)(=O)N1CCC(Oc2cnccn2)CC1. The molecular formula is C15H21N5O3S. The van der Waals surface area contributed by atoms with Gasteiger partial charge in [-0.2, -0.15) is 9.40 Å². The lowest BCUT2D eigenvalue weighted by molar-refractivity contribution is 0.129. The minimum absolute atomic E-state index is 0.0516. The Balaban J connectivity index is 1.70. The average molecular weight is 351 g/mol. The van der Waals surface area contributed by atoms with Crippen molar-refractivity contribution in [2.45, 2.75) is 37.7 Å². The average Bonchev–Trinajstić information content (AvgIpc) is 2.82. The molecule has 0 N–H and O–H groups in total. The van der Waals surface area contributed by atoms with E-state index in [1.165, 1.54) is 4.31 Å². The van der Waals surface area contributed by atoms with Crippen LogP contribution in [0.15, 0.2) is 23.5 Å². The maximum absolute atomic E-state index is 12.9. The van der Waals surface area contributed by atoms with E-state index in [1.807, 2.05) is 0 Å². The minimum Gasteiger partial charge on any atom is -0.473 e. The third kappa shape index (κ3) is 3.13. The van der Waals surface area contributed by atoms with Crippen LogP contribution >= 0.6 is 0 Å². The Morgan fingerprint density at radius 1 is 1.21 bits per heavy atom. The molecule has 3 heterocycles. The van der Waals surface area contributed by atoms with E-state index in [1.54, 1.807) is 44.2 Å². The van der Waals surface area contributed by atoms with Crippen LogP contribution in [0.25, 0.3) is 0 Å². The summed E-state index contributed by atoms with van der Waals surface area (Å²) in [4.78, 5) is 8.37. The summed E-state index contributed by atoms with van der Waals surface area (Å²) in [7, 11) is -1.78. The molecule has 0 spiro atoms. The maximum Gasteiger partial charge on any atom is 0.246 e. The molecule has 1 saturated heterocycles. The van der Waals surface area contributed by atoms with Gasteiger partial charge in [-0.3, -0.25) is 9.67 Å². The minimum atomic E-state index is -3.53. The maximum atomic E-state index is 12.9. The number of piperidine rings is 1. The lowest BCUT2D eigenvalue weighted by atomic mass is 10.1. The van der Waals surface area contributed by atoms with Gasteiger partial charge in [0, 0.05) is 32.5 Å². The Kier molecular flexibility index (Phi) is 4.55. The monoisotopic (exact) mass is 351 g/mol. The van der Waals surface area contributed by atoms with Crippen molar-refractivity contribution < 1.29 is 13.2 Å². The quantitative estimate of drug-likeness (QED) is 0.818. The first-order chi connectivity index (χ1) is 11.4. The van der Waals surface area contributed by atoms with E-state index in [9.17, 15) is 8.42 Å². The van der Waals surface area contributed by atoms with Crippen molar-refractivity contribution in [3.8, 4) is 5.88 Å². The van der Waals surface area contributed by atoms with Gasteiger partial charge in [-0.15, -0.1) is 0 Å². The van der Waals surface area contributed by atoms with E-state index in [0.29, 0.717) is 48.1 Å². The largest absolute Gasteiger partial charge is 0.473 e. The normalized spacial score (nSPS) is 17.1. The lowest BCUT2D eigenvalue weighted by Gasteiger charge is -2.31. The highest BCUT2D eigenvalue weighted by Crippen LogP contribution is 2.26. The van der Waals surface area contributed by atoms with Crippen LogP contribution in [0.4, 0.5) is 0 Å². The first-order valence-electron chi connectivity index (χ1n) is 7.82. The molecular weight excluding hydrogens is 330 g/mol. The van der Waals surface area contributed by atoms with Crippen molar-refractivity contribution in [2.75, 3.05) is 13.1 Å². The van der Waals surface area contributed by atoms with Gasteiger partial charge in [-0.05, 0) is 26.7 Å². The fourth-order valence-corrected chi connectivity index (χ4v) is 4.83. The van der Waals surface area contributed by atoms with Gasteiger partial charge in [0.15, 0.2) is 0 Å². The van der Waals surface area contributed by atoms with Crippen LogP contribution in [0.3, 0.4) is 0 Å². The Hall–Kier alpha value is -2.00. The van der Waals surface area contributed by atoms with Gasteiger partial charge >= 0.3 is 0 Å². The van der Waals surface area contributed by atoms with E-state index in [2.05, 4.69) is 15.1 Å². The van der Waals surface area contributed by atoms with Gasteiger partial charge in [0.05, 0.1) is 17.6 Å². The third-order valence-corrected chi connectivity index (χ3v) is 6.42. The molecule has 24 heavy (non-hydrogen) atoms. The molecule has 9 heteroatoms. The van der Waals surface area contributed by atoms with E-state index in [-0.39, 0.29) is 6.10 Å². The molecule has 0 aliphatic carbocycles. The molecule has 0 saturated carbocycles. The highest BCUT2D eigenvalue weighted by Gasteiger charge is 2.34. The van der Waals surface area contributed by atoms with Gasteiger partial charge in [0.25, 0.3) is 0 Å². The van der Waals surface area contributed by atoms with Crippen molar-refractivity contribution in [2.24, 2.45) is 7.05 Å². The van der Waals surface area contributed by atoms with E-state index < -0.39 is 10.0 Å². The molecule has 1 fully saturated rings. The third-order valence-electron chi connectivity index (χ3n) is 4.27. The van der Waals surface area contributed by atoms with Crippen LogP contribution in [-0.2, 0) is 17.1 Å². The summed E-state index contributed by atoms with van der Waals surface area (Å²) in [6, 6.07) is 0. The summed E-state index contributed by atoms with van der Waals surface area (Å²) >= 11 is 0. The number of sulfonamides is 1. The Morgan fingerprint density at radius 3 is 2.46 bits per heavy atom.